The second kappa shape index (κ2) is 5.10. The van der Waals surface area contributed by atoms with Crippen molar-refractivity contribution in [1.82, 2.24) is 0 Å². The number of carbonyl (C=O) groups is 1. The Kier molecular flexibility index (Phi) is 3.30. The van der Waals surface area contributed by atoms with Gasteiger partial charge in [0, 0.05) is 16.1 Å². The molecule has 2 aromatic carbocycles. The van der Waals surface area contributed by atoms with Gasteiger partial charge in [-0.3, -0.25) is 4.79 Å². The van der Waals surface area contributed by atoms with Crippen molar-refractivity contribution in [2.45, 2.75) is 24.2 Å². The lowest BCUT2D eigenvalue weighted by Crippen LogP contribution is -2.11. The fourth-order valence-electron chi connectivity index (χ4n) is 2.47. The number of aryl methyl sites for hydroxylation is 2. The Balaban J connectivity index is 1.77. The van der Waals surface area contributed by atoms with E-state index >= 15 is 0 Å². The van der Waals surface area contributed by atoms with Crippen molar-refractivity contribution in [2.24, 2.45) is 0 Å². The zero-order chi connectivity index (χ0) is 13.2. The summed E-state index contributed by atoms with van der Waals surface area (Å²) in [4.78, 5) is 12.9. The molecule has 0 aromatic heterocycles. The molecule has 1 amide bonds. The molecule has 96 valence electrons. The number of rotatable bonds is 2. The van der Waals surface area contributed by atoms with Crippen molar-refractivity contribution in [3.63, 3.8) is 0 Å². The molecule has 1 N–H and O–H groups in total. The smallest absolute Gasteiger partial charge is 0.255 e. The third-order valence-corrected chi connectivity index (χ3v) is 3.78. The van der Waals surface area contributed by atoms with E-state index in [1.807, 2.05) is 18.2 Å². The Labute approximate surface area is 118 Å². The molecule has 1 aliphatic rings. The van der Waals surface area contributed by atoms with E-state index in [9.17, 15) is 4.79 Å². The van der Waals surface area contributed by atoms with Crippen LogP contribution in [0.15, 0.2) is 47.4 Å². The van der Waals surface area contributed by atoms with Crippen LogP contribution in [0.2, 0.25) is 0 Å². The van der Waals surface area contributed by atoms with Gasteiger partial charge >= 0.3 is 0 Å². The van der Waals surface area contributed by atoms with Crippen molar-refractivity contribution >= 4 is 24.2 Å². The molecule has 0 atom stereocenters. The zero-order valence-electron chi connectivity index (χ0n) is 10.5. The van der Waals surface area contributed by atoms with Crippen LogP contribution in [-0.2, 0) is 12.8 Å². The SMILES string of the molecule is O=C(Nc1ccc2c(c1)CCC2)c1ccc(S)cc1. The van der Waals surface area contributed by atoms with Crippen molar-refractivity contribution in [2.75, 3.05) is 5.32 Å². The highest BCUT2D eigenvalue weighted by Crippen LogP contribution is 2.25. The second-order valence-corrected chi connectivity index (χ2v) is 5.35. The minimum atomic E-state index is -0.0775. The predicted molar refractivity (Wildman–Crippen MR) is 80.1 cm³/mol. The number of amides is 1. The monoisotopic (exact) mass is 269 g/mol. The molecule has 0 fully saturated rings. The van der Waals surface area contributed by atoms with E-state index < -0.39 is 0 Å². The van der Waals surface area contributed by atoms with Crippen molar-refractivity contribution in [3.05, 3.63) is 59.2 Å². The number of benzene rings is 2. The fraction of sp³-hybridized carbons (Fsp3) is 0.188. The highest BCUT2D eigenvalue weighted by atomic mass is 32.1. The summed E-state index contributed by atoms with van der Waals surface area (Å²) in [6.07, 6.45) is 3.50. The van der Waals surface area contributed by atoms with Crippen LogP contribution in [-0.4, -0.2) is 5.91 Å². The molecule has 0 heterocycles. The first kappa shape index (κ1) is 12.3. The normalized spacial score (nSPS) is 13.1. The molecule has 0 bridgehead atoms. The van der Waals surface area contributed by atoms with Gasteiger partial charge in [0.15, 0.2) is 0 Å². The zero-order valence-corrected chi connectivity index (χ0v) is 11.4. The van der Waals surface area contributed by atoms with Crippen LogP contribution in [0.3, 0.4) is 0 Å². The molecule has 0 aliphatic heterocycles. The third-order valence-electron chi connectivity index (χ3n) is 3.49. The average molecular weight is 269 g/mol. The summed E-state index contributed by atoms with van der Waals surface area (Å²) in [5.74, 6) is -0.0775. The second-order valence-electron chi connectivity index (χ2n) is 4.84. The summed E-state index contributed by atoms with van der Waals surface area (Å²) in [6.45, 7) is 0. The van der Waals surface area contributed by atoms with Crippen LogP contribution in [0.5, 0.6) is 0 Å². The van der Waals surface area contributed by atoms with E-state index in [0.29, 0.717) is 5.56 Å². The molecular weight excluding hydrogens is 254 g/mol. The summed E-state index contributed by atoms with van der Waals surface area (Å²) in [6, 6.07) is 13.4. The average Bonchev–Trinajstić information content (AvgIpc) is 2.87. The number of fused-ring (bicyclic) bond motifs is 1. The van der Waals surface area contributed by atoms with Crippen LogP contribution >= 0.6 is 12.6 Å². The Morgan fingerprint density at radius 1 is 1.00 bits per heavy atom. The maximum absolute atomic E-state index is 12.1. The quantitative estimate of drug-likeness (QED) is 0.799. The summed E-state index contributed by atoms with van der Waals surface area (Å²) in [7, 11) is 0. The van der Waals surface area contributed by atoms with E-state index in [4.69, 9.17) is 0 Å². The van der Waals surface area contributed by atoms with Gasteiger partial charge in [0.05, 0.1) is 0 Å². The maximum atomic E-state index is 12.1. The molecule has 0 spiro atoms. The van der Waals surface area contributed by atoms with Crippen LogP contribution in [0.4, 0.5) is 5.69 Å². The Morgan fingerprint density at radius 3 is 2.53 bits per heavy atom. The number of anilines is 1. The molecule has 0 radical (unpaired) electrons. The van der Waals surface area contributed by atoms with Crippen molar-refractivity contribution in [3.8, 4) is 0 Å². The molecule has 19 heavy (non-hydrogen) atoms. The van der Waals surface area contributed by atoms with Crippen LogP contribution in [0.25, 0.3) is 0 Å². The van der Waals surface area contributed by atoms with Gasteiger partial charge in [-0.1, -0.05) is 6.07 Å². The number of carbonyl (C=O) groups excluding carboxylic acids is 1. The molecular formula is C16H15NOS. The molecule has 0 unspecified atom stereocenters. The van der Waals surface area contributed by atoms with Gasteiger partial charge in [0.2, 0.25) is 0 Å². The lowest BCUT2D eigenvalue weighted by atomic mass is 10.1. The van der Waals surface area contributed by atoms with Crippen molar-refractivity contribution < 1.29 is 4.79 Å². The Bertz CT molecular complexity index is 619. The largest absolute Gasteiger partial charge is 0.322 e. The fourth-order valence-corrected chi connectivity index (χ4v) is 2.61. The van der Waals surface area contributed by atoms with E-state index in [-0.39, 0.29) is 5.91 Å². The van der Waals surface area contributed by atoms with E-state index in [1.165, 1.54) is 17.5 Å². The molecule has 0 saturated heterocycles. The van der Waals surface area contributed by atoms with E-state index in [2.05, 4.69) is 30.1 Å². The number of hydrogen-bond acceptors (Lipinski definition) is 2. The first-order valence-electron chi connectivity index (χ1n) is 6.44. The van der Waals surface area contributed by atoms with Gasteiger partial charge in [-0.05, 0) is 66.8 Å². The van der Waals surface area contributed by atoms with E-state index in [0.717, 1.165) is 23.4 Å². The topological polar surface area (TPSA) is 29.1 Å². The van der Waals surface area contributed by atoms with Crippen LogP contribution in [0, 0.1) is 0 Å². The maximum Gasteiger partial charge on any atom is 0.255 e. The van der Waals surface area contributed by atoms with Crippen LogP contribution < -0.4 is 5.32 Å². The summed E-state index contributed by atoms with van der Waals surface area (Å²) >= 11 is 4.21. The molecule has 3 heteroatoms. The molecule has 2 nitrogen and oxygen atoms in total. The third kappa shape index (κ3) is 2.66. The minimum absolute atomic E-state index is 0.0775. The minimum Gasteiger partial charge on any atom is -0.322 e. The first-order valence-corrected chi connectivity index (χ1v) is 6.89. The standard InChI is InChI=1S/C16H15NOS/c18-16(12-5-8-15(19)9-6-12)17-14-7-4-11-2-1-3-13(11)10-14/h4-10,19H,1-3H2,(H,17,18). The first-order chi connectivity index (χ1) is 9.22. The summed E-state index contributed by atoms with van der Waals surface area (Å²) in [5, 5.41) is 2.94. The van der Waals surface area contributed by atoms with E-state index in [1.54, 1.807) is 12.1 Å². The summed E-state index contributed by atoms with van der Waals surface area (Å²) < 4.78 is 0. The predicted octanol–water partition coefficient (Wildman–Crippen LogP) is 3.72. The van der Waals surface area contributed by atoms with Gasteiger partial charge in [-0.25, -0.2) is 0 Å². The molecule has 2 aromatic rings. The van der Waals surface area contributed by atoms with Gasteiger partial charge < -0.3 is 5.32 Å². The van der Waals surface area contributed by atoms with Gasteiger partial charge in [-0.15, -0.1) is 12.6 Å². The summed E-state index contributed by atoms with van der Waals surface area (Å²) in [5.41, 5.74) is 4.31. The highest BCUT2D eigenvalue weighted by molar-refractivity contribution is 7.80. The number of thiol groups is 1. The van der Waals surface area contributed by atoms with Crippen molar-refractivity contribution in [1.29, 1.82) is 0 Å². The molecule has 3 rings (SSSR count). The Hall–Kier alpha value is -1.74. The van der Waals surface area contributed by atoms with Gasteiger partial charge in [-0.2, -0.15) is 0 Å². The lowest BCUT2D eigenvalue weighted by molar-refractivity contribution is 0.102. The number of nitrogens with one attached hydrogen (secondary N) is 1. The highest BCUT2D eigenvalue weighted by Gasteiger charge is 2.12. The van der Waals surface area contributed by atoms with Crippen LogP contribution in [0.1, 0.15) is 27.9 Å². The lowest BCUT2D eigenvalue weighted by Gasteiger charge is -2.07. The molecule has 1 aliphatic carbocycles. The number of hydrogen-bond donors (Lipinski definition) is 2. The molecule has 0 saturated carbocycles. The van der Waals surface area contributed by atoms with Gasteiger partial charge in [0.1, 0.15) is 0 Å². The Morgan fingerprint density at radius 2 is 1.74 bits per heavy atom. The van der Waals surface area contributed by atoms with Gasteiger partial charge in [0.25, 0.3) is 5.91 Å².